The third kappa shape index (κ3) is 3.14. The Kier molecular flexibility index (Phi) is 4.85. The zero-order valence-corrected chi connectivity index (χ0v) is 14.4. The van der Waals surface area contributed by atoms with Gasteiger partial charge in [-0.25, -0.2) is 0 Å². The molecular formula is C18H19N3O2S. The summed E-state index contributed by atoms with van der Waals surface area (Å²) >= 11 is 1.58. The Bertz CT molecular complexity index is 751. The summed E-state index contributed by atoms with van der Waals surface area (Å²) in [6, 6.07) is 11.1. The molecule has 2 heterocycles. The summed E-state index contributed by atoms with van der Waals surface area (Å²) in [6.07, 6.45) is 5.58. The van der Waals surface area contributed by atoms with Crippen molar-refractivity contribution >= 4 is 29.3 Å². The standard InChI is InChI=1S/C18H19N3O2S/c1-21-16(22)10-13(17(21)12-6-5-9-19-11-12)18(23)20-14-7-3-4-8-15(14)24-2/h3-9,11,13,17H,10H2,1-2H3,(H,20,23)/t13-,17+/m1/s1. The number of carbonyl (C=O) groups is 2. The topological polar surface area (TPSA) is 62.3 Å². The molecule has 2 atom stereocenters. The van der Waals surface area contributed by atoms with Crippen LogP contribution in [0.4, 0.5) is 5.69 Å². The van der Waals surface area contributed by atoms with Gasteiger partial charge in [0, 0.05) is 30.8 Å². The van der Waals surface area contributed by atoms with Crippen LogP contribution < -0.4 is 5.32 Å². The number of carbonyl (C=O) groups excluding carboxylic acids is 2. The van der Waals surface area contributed by atoms with Crippen LogP contribution in [0.2, 0.25) is 0 Å². The number of likely N-dealkylation sites (tertiary alicyclic amines) is 1. The fraction of sp³-hybridized carbons (Fsp3) is 0.278. The predicted octanol–water partition coefficient (Wildman–Crippen LogP) is 2.96. The zero-order chi connectivity index (χ0) is 17.1. The summed E-state index contributed by atoms with van der Waals surface area (Å²) in [6.45, 7) is 0. The van der Waals surface area contributed by atoms with E-state index in [1.807, 2.05) is 42.7 Å². The van der Waals surface area contributed by atoms with E-state index >= 15 is 0 Å². The number of para-hydroxylation sites is 1. The number of thioether (sulfide) groups is 1. The molecular weight excluding hydrogens is 322 g/mol. The molecule has 0 unspecified atom stereocenters. The first-order valence-corrected chi connectivity index (χ1v) is 8.93. The molecule has 2 amide bonds. The van der Waals surface area contributed by atoms with Gasteiger partial charge >= 0.3 is 0 Å². The van der Waals surface area contributed by atoms with E-state index in [0.29, 0.717) is 0 Å². The molecule has 0 spiro atoms. The largest absolute Gasteiger partial charge is 0.338 e. The maximum absolute atomic E-state index is 12.8. The lowest BCUT2D eigenvalue weighted by molar-refractivity contribution is -0.127. The van der Waals surface area contributed by atoms with Crippen molar-refractivity contribution in [1.82, 2.24) is 9.88 Å². The minimum Gasteiger partial charge on any atom is -0.338 e. The number of aromatic nitrogens is 1. The molecule has 1 N–H and O–H groups in total. The average Bonchev–Trinajstić information content (AvgIpc) is 2.91. The van der Waals surface area contributed by atoms with Crippen LogP contribution in [0.1, 0.15) is 18.0 Å². The van der Waals surface area contributed by atoms with Crippen molar-refractivity contribution in [1.29, 1.82) is 0 Å². The molecule has 5 nitrogen and oxygen atoms in total. The molecule has 24 heavy (non-hydrogen) atoms. The van der Waals surface area contributed by atoms with Gasteiger partial charge in [-0.3, -0.25) is 14.6 Å². The van der Waals surface area contributed by atoms with Gasteiger partial charge in [-0.15, -0.1) is 11.8 Å². The lowest BCUT2D eigenvalue weighted by Crippen LogP contribution is -2.30. The van der Waals surface area contributed by atoms with Crippen molar-refractivity contribution in [2.24, 2.45) is 5.92 Å². The molecule has 2 aromatic rings. The highest BCUT2D eigenvalue weighted by Crippen LogP contribution is 2.37. The van der Waals surface area contributed by atoms with Crippen LogP contribution in [0.5, 0.6) is 0 Å². The molecule has 6 heteroatoms. The lowest BCUT2D eigenvalue weighted by Gasteiger charge is -2.24. The van der Waals surface area contributed by atoms with Gasteiger partial charge in [0.1, 0.15) is 0 Å². The summed E-state index contributed by atoms with van der Waals surface area (Å²) in [4.78, 5) is 31.8. The average molecular weight is 341 g/mol. The van der Waals surface area contributed by atoms with Crippen molar-refractivity contribution in [3.8, 4) is 0 Å². The molecule has 0 radical (unpaired) electrons. The highest BCUT2D eigenvalue weighted by molar-refractivity contribution is 7.98. The number of hydrogen-bond acceptors (Lipinski definition) is 4. The van der Waals surface area contributed by atoms with Gasteiger partial charge in [0.15, 0.2) is 0 Å². The fourth-order valence-corrected chi connectivity index (χ4v) is 3.64. The van der Waals surface area contributed by atoms with Gasteiger partial charge in [0.25, 0.3) is 0 Å². The number of rotatable bonds is 4. The van der Waals surface area contributed by atoms with Crippen LogP contribution >= 0.6 is 11.8 Å². The number of nitrogens with one attached hydrogen (secondary N) is 1. The minimum absolute atomic E-state index is 0.0258. The molecule has 1 aromatic carbocycles. The minimum atomic E-state index is -0.429. The first-order chi connectivity index (χ1) is 11.6. The molecule has 0 aliphatic carbocycles. The molecule has 1 aliphatic rings. The number of hydrogen-bond donors (Lipinski definition) is 1. The van der Waals surface area contributed by atoms with E-state index in [-0.39, 0.29) is 24.3 Å². The van der Waals surface area contributed by atoms with E-state index in [2.05, 4.69) is 10.3 Å². The SMILES string of the molecule is CSc1ccccc1NC(=O)[C@@H]1CC(=O)N(C)[C@H]1c1cccnc1. The monoisotopic (exact) mass is 341 g/mol. The summed E-state index contributed by atoms with van der Waals surface area (Å²) in [5.41, 5.74) is 1.66. The zero-order valence-electron chi connectivity index (χ0n) is 13.6. The third-order valence-electron chi connectivity index (χ3n) is 4.31. The van der Waals surface area contributed by atoms with E-state index in [0.717, 1.165) is 16.1 Å². The number of nitrogens with zero attached hydrogens (tertiary/aromatic N) is 2. The van der Waals surface area contributed by atoms with E-state index in [4.69, 9.17) is 0 Å². The summed E-state index contributed by atoms with van der Waals surface area (Å²) in [5, 5.41) is 2.99. The Morgan fingerprint density at radius 3 is 2.79 bits per heavy atom. The van der Waals surface area contributed by atoms with Crippen LogP contribution in [0, 0.1) is 5.92 Å². The molecule has 0 bridgehead atoms. The van der Waals surface area contributed by atoms with Crippen molar-refractivity contribution in [2.75, 3.05) is 18.6 Å². The van der Waals surface area contributed by atoms with Crippen molar-refractivity contribution < 1.29 is 9.59 Å². The second kappa shape index (κ2) is 7.05. The summed E-state index contributed by atoms with van der Waals surface area (Å²) in [5.74, 6) is -0.591. The summed E-state index contributed by atoms with van der Waals surface area (Å²) in [7, 11) is 1.74. The Morgan fingerprint density at radius 2 is 2.08 bits per heavy atom. The quantitative estimate of drug-likeness (QED) is 0.869. The van der Waals surface area contributed by atoms with Crippen LogP contribution in [0.15, 0.2) is 53.7 Å². The number of benzene rings is 1. The van der Waals surface area contributed by atoms with Crippen LogP contribution in [-0.4, -0.2) is 35.0 Å². The highest BCUT2D eigenvalue weighted by atomic mass is 32.2. The second-order valence-electron chi connectivity index (χ2n) is 5.74. The molecule has 1 aliphatic heterocycles. The first kappa shape index (κ1) is 16.5. The van der Waals surface area contributed by atoms with Gasteiger partial charge in [-0.1, -0.05) is 18.2 Å². The normalized spacial score (nSPS) is 20.2. The summed E-state index contributed by atoms with van der Waals surface area (Å²) < 4.78 is 0. The molecule has 124 valence electrons. The van der Waals surface area contributed by atoms with Crippen molar-refractivity contribution in [3.63, 3.8) is 0 Å². The third-order valence-corrected chi connectivity index (χ3v) is 5.11. The Labute approximate surface area is 145 Å². The number of anilines is 1. The van der Waals surface area contributed by atoms with Gasteiger partial charge in [0.05, 0.1) is 17.6 Å². The van der Waals surface area contributed by atoms with Gasteiger partial charge in [-0.05, 0) is 30.0 Å². The van der Waals surface area contributed by atoms with E-state index in [1.54, 1.807) is 36.1 Å². The molecule has 1 fully saturated rings. The van der Waals surface area contributed by atoms with Crippen LogP contribution in [-0.2, 0) is 9.59 Å². The smallest absolute Gasteiger partial charge is 0.230 e. The number of amides is 2. The second-order valence-corrected chi connectivity index (χ2v) is 6.58. The van der Waals surface area contributed by atoms with Gasteiger partial charge in [-0.2, -0.15) is 0 Å². The fourth-order valence-electron chi connectivity index (χ4n) is 3.09. The Morgan fingerprint density at radius 1 is 1.29 bits per heavy atom. The van der Waals surface area contributed by atoms with Gasteiger partial charge < -0.3 is 10.2 Å². The van der Waals surface area contributed by atoms with Crippen LogP contribution in [0.3, 0.4) is 0 Å². The highest BCUT2D eigenvalue weighted by Gasteiger charge is 2.42. The first-order valence-electron chi connectivity index (χ1n) is 7.71. The van der Waals surface area contributed by atoms with E-state index in [9.17, 15) is 9.59 Å². The van der Waals surface area contributed by atoms with Crippen molar-refractivity contribution in [3.05, 3.63) is 54.4 Å². The Hall–Kier alpha value is -2.34. The molecule has 3 rings (SSSR count). The van der Waals surface area contributed by atoms with Gasteiger partial charge in [0.2, 0.25) is 11.8 Å². The predicted molar refractivity (Wildman–Crippen MR) is 94.7 cm³/mol. The van der Waals surface area contributed by atoms with Crippen molar-refractivity contribution in [2.45, 2.75) is 17.4 Å². The molecule has 1 saturated heterocycles. The van der Waals surface area contributed by atoms with E-state index < -0.39 is 5.92 Å². The maximum atomic E-state index is 12.8. The lowest BCUT2D eigenvalue weighted by atomic mass is 9.94. The van der Waals surface area contributed by atoms with Crippen LogP contribution in [0.25, 0.3) is 0 Å². The molecule has 0 saturated carbocycles. The number of pyridine rings is 1. The van der Waals surface area contributed by atoms with E-state index in [1.165, 1.54) is 0 Å². The maximum Gasteiger partial charge on any atom is 0.230 e. The Balaban J connectivity index is 1.86. The molecule has 1 aromatic heterocycles.